The number of nitrogens with one attached hydrogen (secondary N) is 2. The van der Waals surface area contributed by atoms with E-state index in [1.807, 2.05) is 6.92 Å². The Morgan fingerprint density at radius 2 is 2.26 bits per heavy atom. The Balaban J connectivity index is 1.69. The topological polar surface area (TPSA) is 97.1 Å². The van der Waals surface area contributed by atoms with Crippen LogP contribution in [0.3, 0.4) is 0 Å². The molecule has 0 bridgehead atoms. The maximum Gasteiger partial charge on any atom is 0.236 e. The summed E-state index contributed by atoms with van der Waals surface area (Å²) in [6, 6.07) is 5.06. The van der Waals surface area contributed by atoms with Crippen molar-refractivity contribution in [2.45, 2.75) is 31.1 Å². The Morgan fingerprint density at radius 1 is 1.43 bits per heavy atom. The highest BCUT2D eigenvalue weighted by atomic mass is 32.2. The molecule has 1 aromatic heterocycles. The van der Waals surface area contributed by atoms with Gasteiger partial charge in [0.05, 0.1) is 17.0 Å². The molecule has 0 saturated carbocycles. The predicted octanol–water partition coefficient (Wildman–Crippen LogP) is 1.62. The molecule has 1 aromatic carbocycles. The molecule has 2 heterocycles. The van der Waals surface area contributed by atoms with Crippen molar-refractivity contribution in [3.63, 3.8) is 0 Å². The van der Waals surface area contributed by atoms with Crippen molar-refractivity contribution in [2.24, 2.45) is 0 Å². The van der Waals surface area contributed by atoms with E-state index in [0.717, 1.165) is 6.07 Å². The summed E-state index contributed by atoms with van der Waals surface area (Å²) >= 11 is 0. The van der Waals surface area contributed by atoms with E-state index in [1.165, 1.54) is 18.2 Å². The third-order valence-electron chi connectivity index (χ3n) is 3.70. The smallest absolute Gasteiger partial charge is 0.236 e. The molecule has 2 unspecified atom stereocenters. The van der Waals surface area contributed by atoms with Crippen LogP contribution in [-0.4, -0.2) is 30.4 Å². The van der Waals surface area contributed by atoms with Crippen molar-refractivity contribution >= 4 is 15.7 Å². The zero-order chi connectivity index (χ0) is 16.4. The normalized spacial score (nSPS) is 21.5. The molecule has 7 nitrogen and oxygen atoms in total. The molecule has 0 radical (unpaired) electrons. The molecule has 0 amide bonds. The minimum atomic E-state index is -3.64. The molecule has 9 heteroatoms. The lowest BCUT2D eigenvalue weighted by atomic mass is 10.2. The Kier molecular flexibility index (Phi) is 4.31. The maximum atomic E-state index is 13.2. The second-order valence-electron chi connectivity index (χ2n) is 5.36. The number of sulfonamides is 1. The summed E-state index contributed by atoms with van der Waals surface area (Å²) in [4.78, 5) is 0. The summed E-state index contributed by atoms with van der Waals surface area (Å²) in [5.74, 6) is 0.418. The lowest BCUT2D eigenvalue weighted by Crippen LogP contribution is -2.29. The molecule has 2 aromatic rings. The van der Waals surface area contributed by atoms with E-state index in [2.05, 4.69) is 20.2 Å². The van der Waals surface area contributed by atoms with Gasteiger partial charge >= 0.3 is 0 Å². The van der Waals surface area contributed by atoms with E-state index in [4.69, 9.17) is 4.42 Å². The lowest BCUT2D eigenvalue weighted by Gasteiger charge is -2.13. The van der Waals surface area contributed by atoms with Gasteiger partial charge in [-0.3, -0.25) is 4.72 Å². The van der Waals surface area contributed by atoms with Crippen LogP contribution in [0.1, 0.15) is 31.2 Å². The van der Waals surface area contributed by atoms with E-state index in [0.29, 0.717) is 24.6 Å². The first-order valence-electron chi connectivity index (χ1n) is 7.31. The fraction of sp³-hybridized carbons (Fsp3) is 0.429. The van der Waals surface area contributed by atoms with Gasteiger partial charge in [0.15, 0.2) is 0 Å². The average Bonchev–Trinajstić information content (AvgIpc) is 3.16. The SMILES string of the molecule is CCc1nnc(C2CC(S(=O)(=O)Nc3cccc(F)c3)CN2)o1. The number of halogens is 1. The third-order valence-corrected chi connectivity index (χ3v) is 5.45. The van der Waals surface area contributed by atoms with E-state index in [-0.39, 0.29) is 18.3 Å². The quantitative estimate of drug-likeness (QED) is 0.858. The Bertz CT molecular complexity index is 793. The number of hydrogen-bond acceptors (Lipinski definition) is 6. The van der Waals surface area contributed by atoms with Crippen LogP contribution in [0.5, 0.6) is 0 Å². The second-order valence-corrected chi connectivity index (χ2v) is 7.32. The largest absolute Gasteiger partial charge is 0.424 e. The fourth-order valence-electron chi connectivity index (χ4n) is 2.48. The molecule has 1 fully saturated rings. The van der Waals surface area contributed by atoms with E-state index >= 15 is 0 Å². The lowest BCUT2D eigenvalue weighted by molar-refractivity contribution is 0.405. The molecule has 1 saturated heterocycles. The highest BCUT2D eigenvalue weighted by molar-refractivity contribution is 7.93. The molecule has 23 heavy (non-hydrogen) atoms. The van der Waals surface area contributed by atoms with Crippen molar-refractivity contribution in [1.29, 1.82) is 0 Å². The number of anilines is 1. The molecule has 0 aliphatic carbocycles. The predicted molar refractivity (Wildman–Crippen MR) is 81.8 cm³/mol. The van der Waals surface area contributed by atoms with Gasteiger partial charge in [-0.15, -0.1) is 10.2 Å². The minimum Gasteiger partial charge on any atom is -0.424 e. The van der Waals surface area contributed by atoms with Crippen molar-refractivity contribution < 1.29 is 17.2 Å². The monoisotopic (exact) mass is 340 g/mol. The van der Waals surface area contributed by atoms with E-state index in [1.54, 1.807) is 0 Å². The van der Waals surface area contributed by atoms with E-state index in [9.17, 15) is 12.8 Å². The van der Waals surface area contributed by atoms with Gasteiger partial charge in [-0.25, -0.2) is 12.8 Å². The van der Waals surface area contributed by atoms with Crippen LogP contribution in [0.25, 0.3) is 0 Å². The summed E-state index contributed by atoms with van der Waals surface area (Å²) in [5, 5.41) is 10.2. The Morgan fingerprint density at radius 3 is 2.96 bits per heavy atom. The van der Waals surface area contributed by atoms with Crippen LogP contribution in [-0.2, 0) is 16.4 Å². The average molecular weight is 340 g/mol. The van der Waals surface area contributed by atoms with Crippen molar-refractivity contribution in [2.75, 3.05) is 11.3 Å². The zero-order valence-electron chi connectivity index (χ0n) is 12.5. The van der Waals surface area contributed by atoms with Crippen LogP contribution in [0.4, 0.5) is 10.1 Å². The summed E-state index contributed by atoms with van der Waals surface area (Å²) in [6.45, 7) is 2.16. The molecule has 2 atom stereocenters. The van der Waals surface area contributed by atoms with E-state index < -0.39 is 21.1 Å². The summed E-state index contributed by atoms with van der Waals surface area (Å²) in [6.07, 6.45) is 0.943. The summed E-state index contributed by atoms with van der Waals surface area (Å²) in [5.41, 5.74) is 0.208. The van der Waals surface area contributed by atoms with Crippen LogP contribution in [0.2, 0.25) is 0 Å². The number of aryl methyl sites for hydroxylation is 1. The van der Waals surface area contributed by atoms with Crippen molar-refractivity contribution in [3.8, 4) is 0 Å². The molecule has 1 aliphatic heterocycles. The first-order valence-corrected chi connectivity index (χ1v) is 8.85. The standard InChI is InChI=1S/C14H17FN4O3S/c1-2-13-17-18-14(22-13)12-7-11(8-16-12)23(20,21)19-10-5-3-4-9(15)6-10/h3-6,11-12,16,19H,2,7-8H2,1H3. The van der Waals surface area contributed by atoms with Crippen molar-refractivity contribution in [3.05, 3.63) is 41.9 Å². The van der Waals surface area contributed by atoms with Gasteiger partial charge < -0.3 is 9.73 Å². The minimum absolute atomic E-state index is 0.208. The van der Waals surface area contributed by atoms with Gasteiger partial charge in [0.1, 0.15) is 5.82 Å². The molecule has 124 valence electrons. The van der Waals surface area contributed by atoms with Crippen molar-refractivity contribution in [1.82, 2.24) is 15.5 Å². The molecule has 1 aliphatic rings. The number of benzene rings is 1. The van der Waals surface area contributed by atoms with Gasteiger partial charge in [0.25, 0.3) is 0 Å². The molecule has 0 spiro atoms. The van der Waals surface area contributed by atoms with Crippen LogP contribution >= 0.6 is 0 Å². The summed E-state index contributed by atoms with van der Waals surface area (Å²) < 4.78 is 45.9. The van der Waals surface area contributed by atoms with Gasteiger partial charge in [-0.2, -0.15) is 0 Å². The van der Waals surface area contributed by atoms with Gasteiger partial charge in [0.2, 0.25) is 21.8 Å². The number of nitrogens with zero attached hydrogens (tertiary/aromatic N) is 2. The number of rotatable bonds is 5. The highest BCUT2D eigenvalue weighted by Crippen LogP contribution is 2.27. The van der Waals surface area contributed by atoms with Gasteiger partial charge in [-0.1, -0.05) is 13.0 Å². The maximum absolute atomic E-state index is 13.2. The first kappa shape index (κ1) is 15.9. The number of hydrogen-bond donors (Lipinski definition) is 2. The Hall–Kier alpha value is -2.00. The molecule has 2 N–H and O–H groups in total. The molecular weight excluding hydrogens is 323 g/mol. The highest BCUT2D eigenvalue weighted by Gasteiger charge is 2.37. The number of aromatic nitrogens is 2. The molecule has 3 rings (SSSR count). The van der Waals surface area contributed by atoms with Gasteiger partial charge in [-0.05, 0) is 24.6 Å². The summed E-state index contributed by atoms with van der Waals surface area (Å²) in [7, 11) is -3.64. The van der Waals surface area contributed by atoms with Gasteiger partial charge in [0, 0.05) is 13.0 Å². The first-order chi connectivity index (χ1) is 11.0. The zero-order valence-corrected chi connectivity index (χ0v) is 13.3. The molecular formula is C14H17FN4O3S. The third kappa shape index (κ3) is 3.50. The Labute approximate surface area is 133 Å². The van der Waals surface area contributed by atoms with Crippen LogP contribution in [0, 0.1) is 5.82 Å². The van der Waals surface area contributed by atoms with Crippen LogP contribution in [0.15, 0.2) is 28.7 Å². The van der Waals surface area contributed by atoms with Crippen LogP contribution < -0.4 is 10.0 Å². The fourth-order valence-corrected chi connectivity index (χ4v) is 3.86. The second kappa shape index (κ2) is 6.25.